The molecule has 0 bridgehead atoms. The molecule has 0 aliphatic carbocycles. The first-order valence-electron chi connectivity index (χ1n) is 8.45. The van der Waals surface area contributed by atoms with Crippen LogP contribution >= 0.6 is 0 Å². The molecule has 0 saturated carbocycles. The molecule has 1 aliphatic rings. The van der Waals surface area contributed by atoms with Crippen molar-refractivity contribution < 1.29 is 9.53 Å². The zero-order chi connectivity index (χ0) is 17.1. The minimum Gasteiger partial charge on any atom is -0.489 e. The molecule has 1 aliphatic heterocycles. The predicted molar refractivity (Wildman–Crippen MR) is 94.7 cm³/mol. The molecule has 4 rings (SSSR count). The van der Waals surface area contributed by atoms with E-state index in [4.69, 9.17) is 4.74 Å². The van der Waals surface area contributed by atoms with E-state index >= 15 is 0 Å². The smallest absolute Gasteiger partial charge is 0.251 e. The van der Waals surface area contributed by atoms with E-state index in [2.05, 4.69) is 15.6 Å². The van der Waals surface area contributed by atoms with Crippen molar-refractivity contribution in [1.29, 1.82) is 0 Å². The average Bonchev–Trinajstić information content (AvgIpc) is 3.31. The largest absolute Gasteiger partial charge is 0.489 e. The van der Waals surface area contributed by atoms with E-state index in [0.717, 1.165) is 36.5 Å². The summed E-state index contributed by atoms with van der Waals surface area (Å²) in [5.41, 5.74) is 2.51. The number of fused-ring (bicyclic) bond motifs is 1. The molecule has 6 nitrogen and oxygen atoms in total. The van der Waals surface area contributed by atoms with Crippen LogP contribution in [0, 0.1) is 0 Å². The molecule has 1 fully saturated rings. The van der Waals surface area contributed by atoms with Gasteiger partial charge in [-0.2, -0.15) is 0 Å². The molecule has 1 amide bonds. The lowest BCUT2D eigenvalue weighted by Gasteiger charge is -2.12. The van der Waals surface area contributed by atoms with Crippen LogP contribution in [-0.4, -0.2) is 34.5 Å². The molecule has 1 aromatic carbocycles. The SMILES string of the molecule is O=C(NCc1ccn2ccnc2c1)c1ccc(O[C@H]2CCNC2)cc1. The number of pyridine rings is 1. The molecular weight excluding hydrogens is 316 g/mol. The Morgan fingerprint density at radius 1 is 1.28 bits per heavy atom. The zero-order valence-corrected chi connectivity index (χ0v) is 13.8. The minimum atomic E-state index is -0.0997. The third-order valence-electron chi connectivity index (χ3n) is 4.35. The monoisotopic (exact) mass is 336 g/mol. The third kappa shape index (κ3) is 3.64. The van der Waals surface area contributed by atoms with Crippen LogP contribution in [0.4, 0.5) is 0 Å². The molecule has 3 heterocycles. The van der Waals surface area contributed by atoms with E-state index in [1.165, 1.54) is 0 Å². The highest BCUT2D eigenvalue weighted by Gasteiger charge is 2.16. The number of nitrogens with zero attached hydrogens (tertiary/aromatic N) is 2. The van der Waals surface area contributed by atoms with Crippen molar-refractivity contribution in [2.45, 2.75) is 19.1 Å². The summed E-state index contributed by atoms with van der Waals surface area (Å²) in [7, 11) is 0. The fourth-order valence-corrected chi connectivity index (χ4v) is 2.95. The Morgan fingerprint density at radius 2 is 2.16 bits per heavy atom. The molecule has 1 atom stereocenters. The number of hydrogen-bond acceptors (Lipinski definition) is 4. The molecule has 0 spiro atoms. The summed E-state index contributed by atoms with van der Waals surface area (Å²) in [6, 6.07) is 11.2. The quantitative estimate of drug-likeness (QED) is 0.748. The molecule has 3 aromatic rings. The standard InChI is InChI=1S/C19H20N4O2/c24-19(22-12-14-6-9-23-10-8-21-18(23)11-14)15-1-3-16(4-2-15)25-17-5-7-20-13-17/h1-4,6,8-11,17,20H,5,7,12-13H2,(H,22,24)/t17-/m0/s1. The first-order chi connectivity index (χ1) is 12.3. The van der Waals surface area contributed by atoms with Gasteiger partial charge >= 0.3 is 0 Å². The minimum absolute atomic E-state index is 0.0997. The number of carbonyl (C=O) groups excluding carboxylic acids is 1. The Labute approximate surface area is 145 Å². The summed E-state index contributed by atoms with van der Waals surface area (Å²) < 4.78 is 7.80. The molecule has 6 heteroatoms. The topological polar surface area (TPSA) is 67.7 Å². The number of rotatable bonds is 5. The zero-order valence-electron chi connectivity index (χ0n) is 13.8. The van der Waals surface area contributed by atoms with Gasteiger partial charge in [0.2, 0.25) is 0 Å². The van der Waals surface area contributed by atoms with Crippen LogP contribution in [-0.2, 0) is 6.54 Å². The Morgan fingerprint density at radius 3 is 2.96 bits per heavy atom. The second-order valence-electron chi connectivity index (χ2n) is 6.17. The molecule has 0 unspecified atom stereocenters. The van der Waals surface area contributed by atoms with Gasteiger partial charge < -0.3 is 19.8 Å². The van der Waals surface area contributed by atoms with Gasteiger partial charge in [0.1, 0.15) is 17.5 Å². The first-order valence-corrected chi connectivity index (χ1v) is 8.45. The van der Waals surface area contributed by atoms with Crippen LogP contribution in [0.2, 0.25) is 0 Å². The van der Waals surface area contributed by atoms with E-state index in [9.17, 15) is 4.79 Å². The van der Waals surface area contributed by atoms with Gasteiger partial charge in [-0.15, -0.1) is 0 Å². The summed E-state index contributed by atoms with van der Waals surface area (Å²) >= 11 is 0. The fraction of sp³-hybridized carbons (Fsp3) is 0.263. The fourth-order valence-electron chi connectivity index (χ4n) is 2.95. The average molecular weight is 336 g/mol. The number of imidazole rings is 1. The molecule has 0 radical (unpaired) electrons. The van der Waals surface area contributed by atoms with Gasteiger partial charge in [0.25, 0.3) is 5.91 Å². The number of hydrogen-bond donors (Lipinski definition) is 2. The Balaban J connectivity index is 1.35. The van der Waals surface area contributed by atoms with Crippen molar-refractivity contribution in [3.8, 4) is 5.75 Å². The van der Waals surface area contributed by atoms with E-state index < -0.39 is 0 Å². The molecule has 2 aromatic heterocycles. The number of carbonyl (C=O) groups is 1. The highest BCUT2D eigenvalue weighted by molar-refractivity contribution is 5.94. The van der Waals surface area contributed by atoms with Crippen molar-refractivity contribution in [3.63, 3.8) is 0 Å². The predicted octanol–water partition coefficient (Wildman–Crippen LogP) is 2.00. The number of amides is 1. The van der Waals surface area contributed by atoms with Gasteiger partial charge in [-0.25, -0.2) is 4.98 Å². The van der Waals surface area contributed by atoms with Gasteiger partial charge in [-0.3, -0.25) is 4.79 Å². The van der Waals surface area contributed by atoms with Gasteiger partial charge in [-0.05, 0) is 54.9 Å². The second-order valence-corrected chi connectivity index (χ2v) is 6.17. The first kappa shape index (κ1) is 15.7. The lowest BCUT2D eigenvalue weighted by Crippen LogP contribution is -2.23. The number of aromatic nitrogens is 2. The summed E-state index contributed by atoms with van der Waals surface area (Å²) in [4.78, 5) is 16.6. The highest BCUT2D eigenvalue weighted by atomic mass is 16.5. The Hall–Kier alpha value is -2.86. The van der Waals surface area contributed by atoms with Crippen LogP contribution in [0.3, 0.4) is 0 Å². The maximum Gasteiger partial charge on any atom is 0.251 e. The Kier molecular flexibility index (Phi) is 4.35. The third-order valence-corrected chi connectivity index (χ3v) is 4.35. The molecule has 128 valence electrons. The van der Waals surface area contributed by atoms with Crippen LogP contribution in [0.5, 0.6) is 5.75 Å². The van der Waals surface area contributed by atoms with Crippen LogP contribution in [0.15, 0.2) is 55.0 Å². The van der Waals surface area contributed by atoms with Gasteiger partial charge in [-0.1, -0.05) is 0 Å². The number of nitrogens with one attached hydrogen (secondary N) is 2. The maximum atomic E-state index is 12.3. The van der Waals surface area contributed by atoms with E-state index in [1.807, 2.05) is 41.1 Å². The lowest BCUT2D eigenvalue weighted by molar-refractivity contribution is 0.0951. The molecule has 2 N–H and O–H groups in total. The molecule has 1 saturated heterocycles. The normalized spacial score (nSPS) is 16.9. The van der Waals surface area contributed by atoms with Crippen molar-refractivity contribution >= 4 is 11.6 Å². The summed E-state index contributed by atoms with van der Waals surface area (Å²) in [5, 5.41) is 6.21. The van der Waals surface area contributed by atoms with Crippen molar-refractivity contribution in [2.75, 3.05) is 13.1 Å². The maximum absolute atomic E-state index is 12.3. The molecular formula is C19H20N4O2. The number of ether oxygens (including phenoxy) is 1. The van der Waals surface area contributed by atoms with Crippen molar-refractivity contribution in [1.82, 2.24) is 20.0 Å². The van der Waals surface area contributed by atoms with Crippen LogP contribution in [0.25, 0.3) is 5.65 Å². The van der Waals surface area contributed by atoms with Gasteiger partial charge in [0.15, 0.2) is 0 Å². The second kappa shape index (κ2) is 6.94. The van der Waals surface area contributed by atoms with E-state index in [0.29, 0.717) is 12.1 Å². The lowest BCUT2D eigenvalue weighted by atomic mass is 10.2. The summed E-state index contributed by atoms with van der Waals surface area (Å²) in [6.07, 6.45) is 6.82. The van der Waals surface area contributed by atoms with Crippen LogP contribution in [0.1, 0.15) is 22.3 Å². The summed E-state index contributed by atoms with van der Waals surface area (Å²) in [6.45, 7) is 2.34. The highest BCUT2D eigenvalue weighted by Crippen LogP contribution is 2.16. The van der Waals surface area contributed by atoms with Gasteiger partial charge in [0, 0.05) is 37.2 Å². The summed E-state index contributed by atoms with van der Waals surface area (Å²) in [5.74, 6) is 0.701. The van der Waals surface area contributed by atoms with Gasteiger partial charge in [0.05, 0.1) is 0 Å². The Bertz CT molecular complexity index is 867. The number of benzene rings is 1. The van der Waals surface area contributed by atoms with Crippen molar-refractivity contribution in [3.05, 3.63) is 66.1 Å². The van der Waals surface area contributed by atoms with Crippen LogP contribution < -0.4 is 15.4 Å². The molecule has 25 heavy (non-hydrogen) atoms. The van der Waals surface area contributed by atoms with E-state index in [-0.39, 0.29) is 12.0 Å². The van der Waals surface area contributed by atoms with E-state index in [1.54, 1.807) is 18.3 Å². The van der Waals surface area contributed by atoms with Crippen molar-refractivity contribution in [2.24, 2.45) is 0 Å².